The molecule has 4 N–H and O–H groups in total. The van der Waals surface area contributed by atoms with Gasteiger partial charge in [-0.25, -0.2) is 13.1 Å². The van der Waals surface area contributed by atoms with Crippen LogP contribution in [-0.4, -0.2) is 30.9 Å². The van der Waals surface area contributed by atoms with E-state index in [0.29, 0.717) is 17.2 Å². The molecule has 1 aliphatic rings. The quantitative estimate of drug-likeness (QED) is 0.322. The molecule has 0 spiro atoms. The molecule has 37 heavy (non-hydrogen) atoms. The van der Waals surface area contributed by atoms with Crippen molar-refractivity contribution < 1.29 is 22.7 Å². The molecule has 0 aliphatic carbocycles. The van der Waals surface area contributed by atoms with Crippen molar-refractivity contribution in [1.82, 2.24) is 15.1 Å². The van der Waals surface area contributed by atoms with Gasteiger partial charge in [0.2, 0.25) is 22.5 Å². The summed E-state index contributed by atoms with van der Waals surface area (Å²) in [5.41, 5.74) is 8.66. The lowest BCUT2D eigenvalue weighted by Crippen LogP contribution is -2.28. The highest BCUT2D eigenvalue weighted by Crippen LogP contribution is 2.35. The zero-order chi connectivity index (χ0) is 26.0. The van der Waals surface area contributed by atoms with E-state index in [1.165, 1.54) is 16.8 Å². The number of aryl methyl sites for hydroxylation is 1. The molecule has 1 aromatic heterocycles. The van der Waals surface area contributed by atoms with Gasteiger partial charge in [-0.05, 0) is 48.9 Å². The van der Waals surface area contributed by atoms with Crippen LogP contribution in [0.15, 0.2) is 82.6 Å². The van der Waals surface area contributed by atoms with Gasteiger partial charge in [-0.2, -0.15) is 5.10 Å². The van der Waals surface area contributed by atoms with E-state index in [-0.39, 0.29) is 41.3 Å². The Morgan fingerprint density at radius 2 is 1.76 bits per heavy atom. The molecule has 11 heteroatoms. The number of benzene rings is 3. The zero-order valence-corrected chi connectivity index (χ0v) is 20.8. The number of hydrogen-bond acceptors (Lipinski definition) is 8. The molecule has 0 fully saturated rings. The summed E-state index contributed by atoms with van der Waals surface area (Å²) in [7, 11) is -4.04. The van der Waals surface area contributed by atoms with Crippen molar-refractivity contribution >= 4 is 33.1 Å². The number of hydrogen-bond donors (Lipinski definition) is 3. The molecule has 0 unspecified atom stereocenters. The fourth-order valence-electron chi connectivity index (χ4n) is 3.86. The summed E-state index contributed by atoms with van der Waals surface area (Å²) in [5, 5.41) is 10.2. The highest BCUT2D eigenvalue weighted by atomic mass is 32.2. The van der Waals surface area contributed by atoms with E-state index in [2.05, 4.69) is 15.7 Å². The second kappa shape index (κ2) is 9.86. The van der Waals surface area contributed by atoms with Gasteiger partial charge in [0, 0.05) is 12.2 Å². The van der Waals surface area contributed by atoms with Crippen LogP contribution in [0.4, 0.5) is 17.3 Å². The lowest BCUT2D eigenvalue weighted by molar-refractivity contribution is -0.122. The van der Waals surface area contributed by atoms with E-state index >= 15 is 0 Å². The van der Waals surface area contributed by atoms with Gasteiger partial charge in [0.25, 0.3) is 0 Å². The van der Waals surface area contributed by atoms with Gasteiger partial charge in [-0.3, -0.25) is 4.79 Å². The average molecular weight is 520 g/mol. The lowest BCUT2D eigenvalue weighted by atomic mass is 10.2. The van der Waals surface area contributed by atoms with Crippen LogP contribution in [0.3, 0.4) is 0 Å². The first kappa shape index (κ1) is 24.2. The number of carbonyl (C=O) groups is 1. The Hall–Kier alpha value is -4.51. The monoisotopic (exact) mass is 519 g/mol. The number of aromatic nitrogens is 2. The van der Waals surface area contributed by atoms with Gasteiger partial charge in [-0.15, -0.1) is 0 Å². The maximum atomic E-state index is 13.6. The van der Waals surface area contributed by atoms with Gasteiger partial charge in [0.1, 0.15) is 12.4 Å². The van der Waals surface area contributed by atoms with Crippen LogP contribution in [0, 0.1) is 6.92 Å². The first-order valence-electron chi connectivity index (χ1n) is 11.5. The Labute approximate surface area is 213 Å². The van der Waals surface area contributed by atoms with Crippen LogP contribution in [0.1, 0.15) is 11.1 Å². The van der Waals surface area contributed by atoms with Gasteiger partial charge in [0.15, 0.2) is 22.2 Å². The van der Waals surface area contributed by atoms with Gasteiger partial charge in [0.05, 0.1) is 4.90 Å². The second-order valence-corrected chi connectivity index (χ2v) is 10.4. The number of sulfone groups is 1. The number of carbonyl (C=O) groups excluding carboxylic acids is 1. The fourth-order valence-corrected chi connectivity index (χ4v) is 5.32. The first-order valence-corrected chi connectivity index (χ1v) is 12.9. The molecule has 5 rings (SSSR count). The van der Waals surface area contributed by atoms with Crippen molar-refractivity contribution in [3.63, 3.8) is 0 Å². The topological polar surface area (TPSA) is 138 Å². The maximum absolute atomic E-state index is 13.6. The molecule has 0 atom stereocenters. The zero-order valence-electron chi connectivity index (χ0n) is 20.0. The standard InChI is InChI=1S/C26H25N5O5S/c1-17-7-10-20(11-8-17)37(33,34)24-25(27)31(30-26(24)29-19-5-3-2-4-6-19)15-23(32)28-14-18-9-12-21-22(13-18)36-16-35-21/h2-13H,14-16,27H2,1H3,(H,28,32)(H,29,30). The number of para-hydroxylation sites is 1. The van der Waals surface area contributed by atoms with Gasteiger partial charge in [-0.1, -0.05) is 42.0 Å². The first-order chi connectivity index (χ1) is 17.8. The van der Waals surface area contributed by atoms with Crippen molar-refractivity contribution in [1.29, 1.82) is 0 Å². The van der Waals surface area contributed by atoms with Crippen LogP contribution in [-0.2, 0) is 27.7 Å². The fraction of sp³-hybridized carbons (Fsp3) is 0.154. The van der Waals surface area contributed by atoms with Crippen LogP contribution >= 0.6 is 0 Å². The number of nitrogen functional groups attached to an aromatic ring is 1. The number of amides is 1. The van der Waals surface area contributed by atoms with E-state index in [1.807, 2.05) is 19.1 Å². The summed E-state index contributed by atoms with van der Waals surface area (Å²) in [6.07, 6.45) is 0. The molecule has 0 bridgehead atoms. The van der Waals surface area contributed by atoms with Crippen molar-refractivity contribution in [2.24, 2.45) is 0 Å². The van der Waals surface area contributed by atoms with Crippen LogP contribution in [0.25, 0.3) is 0 Å². The number of fused-ring (bicyclic) bond motifs is 1. The SMILES string of the molecule is Cc1ccc(S(=O)(=O)c2c(Nc3ccccc3)nn(CC(=O)NCc3ccc4c(c3)OCO4)c2N)cc1. The molecule has 4 aromatic rings. The largest absolute Gasteiger partial charge is 0.454 e. The number of nitrogens with one attached hydrogen (secondary N) is 2. The molecule has 190 valence electrons. The molecular weight excluding hydrogens is 494 g/mol. The van der Waals surface area contributed by atoms with E-state index in [1.54, 1.807) is 48.5 Å². The Balaban J connectivity index is 1.41. The van der Waals surface area contributed by atoms with Crippen molar-refractivity contribution in [2.45, 2.75) is 29.8 Å². The molecule has 0 radical (unpaired) electrons. The van der Waals surface area contributed by atoms with E-state index in [4.69, 9.17) is 15.2 Å². The average Bonchev–Trinajstić information content (AvgIpc) is 3.47. The molecule has 3 aromatic carbocycles. The highest BCUT2D eigenvalue weighted by molar-refractivity contribution is 7.91. The number of nitrogens with two attached hydrogens (primary N) is 1. The maximum Gasteiger partial charge on any atom is 0.242 e. The van der Waals surface area contributed by atoms with Gasteiger partial charge < -0.3 is 25.8 Å². The molecular formula is C26H25N5O5S. The van der Waals surface area contributed by atoms with E-state index in [0.717, 1.165) is 11.1 Å². The predicted octanol–water partition coefficient (Wildman–Crippen LogP) is 3.40. The van der Waals surface area contributed by atoms with Crippen LogP contribution in [0.2, 0.25) is 0 Å². The van der Waals surface area contributed by atoms with Crippen molar-refractivity contribution in [3.8, 4) is 11.5 Å². The Morgan fingerprint density at radius 3 is 2.51 bits per heavy atom. The van der Waals surface area contributed by atoms with Crippen LogP contribution in [0.5, 0.6) is 11.5 Å². The Morgan fingerprint density at radius 1 is 1.03 bits per heavy atom. The summed E-state index contributed by atoms with van der Waals surface area (Å²) in [6.45, 7) is 1.99. The summed E-state index contributed by atoms with van der Waals surface area (Å²) in [6, 6.07) is 20.8. The van der Waals surface area contributed by atoms with E-state index < -0.39 is 15.7 Å². The van der Waals surface area contributed by atoms with Crippen molar-refractivity contribution in [2.75, 3.05) is 17.8 Å². The third-order valence-corrected chi connectivity index (χ3v) is 7.64. The number of rotatable bonds is 8. The van der Waals surface area contributed by atoms with Crippen LogP contribution < -0.4 is 25.8 Å². The van der Waals surface area contributed by atoms with E-state index in [9.17, 15) is 13.2 Å². The third-order valence-electron chi connectivity index (χ3n) is 5.80. The second-order valence-electron chi connectivity index (χ2n) is 8.49. The number of ether oxygens (including phenoxy) is 2. The minimum absolute atomic E-state index is 0.0350. The van der Waals surface area contributed by atoms with Gasteiger partial charge >= 0.3 is 0 Å². The smallest absolute Gasteiger partial charge is 0.242 e. The summed E-state index contributed by atoms with van der Waals surface area (Å²) >= 11 is 0. The van der Waals surface area contributed by atoms with Crippen molar-refractivity contribution in [3.05, 3.63) is 83.9 Å². The minimum atomic E-state index is -4.04. The highest BCUT2D eigenvalue weighted by Gasteiger charge is 2.30. The number of nitrogens with zero attached hydrogens (tertiary/aromatic N) is 2. The normalized spacial score (nSPS) is 12.4. The molecule has 10 nitrogen and oxygen atoms in total. The summed E-state index contributed by atoms with van der Waals surface area (Å²) in [4.78, 5) is 12.6. The molecule has 1 amide bonds. The Kier molecular flexibility index (Phi) is 6.45. The lowest BCUT2D eigenvalue weighted by Gasteiger charge is -2.09. The molecule has 1 aliphatic heterocycles. The third kappa shape index (κ3) is 5.07. The molecule has 0 saturated carbocycles. The molecule has 2 heterocycles. The Bertz CT molecular complexity index is 1550. The summed E-state index contributed by atoms with van der Waals surface area (Å²) < 4.78 is 39.0. The predicted molar refractivity (Wildman–Crippen MR) is 137 cm³/mol. The molecule has 0 saturated heterocycles. The summed E-state index contributed by atoms with van der Waals surface area (Å²) in [5.74, 6) is 0.772. The number of anilines is 3. The minimum Gasteiger partial charge on any atom is -0.454 e.